The predicted octanol–water partition coefficient (Wildman–Crippen LogP) is 7.06. The third kappa shape index (κ3) is 5.89. The van der Waals surface area contributed by atoms with Gasteiger partial charge in [0.15, 0.2) is 0 Å². The Morgan fingerprint density at radius 2 is 1.39 bits per heavy atom. The molecule has 0 bridgehead atoms. The molecule has 2 aromatic carbocycles. The molecule has 0 spiro atoms. The molecule has 1 heteroatoms. The largest absolute Gasteiger partial charge is 0.493 e. The molecule has 23 heavy (non-hydrogen) atoms. The Bertz CT molecular complexity index is 573. The fraction of sp³-hybridized carbons (Fsp3) is 0.545. The first-order valence-electron chi connectivity index (χ1n) is 9.44. The van der Waals surface area contributed by atoms with E-state index in [1.807, 2.05) is 0 Å². The second kappa shape index (κ2) is 10.3. The van der Waals surface area contributed by atoms with Crippen LogP contribution in [0.3, 0.4) is 0 Å². The van der Waals surface area contributed by atoms with Gasteiger partial charge < -0.3 is 4.74 Å². The minimum atomic E-state index is 0.838. The Balaban J connectivity index is 1.66. The molecule has 0 unspecified atom stereocenters. The van der Waals surface area contributed by atoms with E-state index < -0.39 is 0 Å². The number of hydrogen-bond acceptors (Lipinski definition) is 1. The summed E-state index contributed by atoms with van der Waals surface area (Å²) in [6.45, 7) is 5.25. The Labute approximate surface area is 142 Å². The summed E-state index contributed by atoms with van der Waals surface area (Å²) in [5.74, 6) is 1.07. The SMILES string of the molecule is CCCCCCCCCCCOc1c(C)ccc2ccccc12. The first-order valence-corrected chi connectivity index (χ1v) is 9.44. The van der Waals surface area contributed by atoms with Gasteiger partial charge in [-0.25, -0.2) is 0 Å². The maximum absolute atomic E-state index is 6.11. The van der Waals surface area contributed by atoms with Gasteiger partial charge in [0.1, 0.15) is 5.75 Å². The molecule has 0 N–H and O–H groups in total. The van der Waals surface area contributed by atoms with Gasteiger partial charge in [0.2, 0.25) is 0 Å². The third-order valence-electron chi connectivity index (χ3n) is 4.57. The summed E-state index contributed by atoms with van der Waals surface area (Å²) in [5, 5.41) is 2.50. The fourth-order valence-corrected chi connectivity index (χ4v) is 3.13. The lowest BCUT2D eigenvalue weighted by molar-refractivity contribution is 0.306. The van der Waals surface area contributed by atoms with Gasteiger partial charge in [0, 0.05) is 5.39 Å². The zero-order valence-electron chi connectivity index (χ0n) is 14.9. The van der Waals surface area contributed by atoms with Crippen LogP contribution < -0.4 is 4.74 Å². The molecule has 0 amide bonds. The summed E-state index contributed by atoms with van der Waals surface area (Å²) in [6.07, 6.45) is 12.2. The molecule has 0 aliphatic heterocycles. The summed E-state index contributed by atoms with van der Waals surface area (Å²) in [5.41, 5.74) is 1.24. The monoisotopic (exact) mass is 312 g/mol. The van der Waals surface area contributed by atoms with Crippen molar-refractivity contribution in [3.63, 3.8) is 0 Å². The van der Waals surface area contributed by atoms with E-state index in [1.54, 1.807) is 0 Å². The van der Waals surface area contributed by atoms with E-state index in [2.05, 4.69) is 50.2 Å². The van der Waals surface area contributed by atoms with Gasteiger partial charge in [-0.1, -0.05) is 94.7 Å². The Kier molecular flexibility index (Phi) is 8.00. The number of unbranched alkanes of at least 4 members (excludes halogenated alkanes) is 8. The van der Waals surface area contributed by atoms with E-state index in [9.17, 15) is 0 Å². The van der Waals surface area contributed by atoms with E-state index >= 15 is 0 Å². The van der Waals surface area contributed by atoms with Gasteiger partial charge in [0.05, 0.1) is 6.61 Å². The zero-order chi connectivity index (χ0) is 16.3. The van der Waals surface area contributed by atoms with Crippen LogP contribution in [-0.4, -0.2) is 6.61 Å². The van der Waals surface area contributed by atoms with Crippen molar-refractivity contribution in [3.05, 3.63) is 42.0 Å². The lowest BCUT2D eigenvalue weighted by Gasteiger charge is -2.12. The quantitative estimate of drug-likeness (QED) is 0.404. The normalized spacial score (nSPS) is 11.0. The molecule has 0 atom stereocenters. The first kappa shape index (κ1) is 17.8. The molecular formula is C22H32O. The minimum absolute atomic E-state index is 0.838. The van der Waals surface area contributed by atoms with Crippen molar-refractivity contribution >= 4 is 10.8 Å². The van der Waals surface area contributed by atoms with Crippen molar-refractivity contribution < 1.29 is 4.74 Å². The number of ether oxygens (including phenoxy) is 1. The minimum Gasteiger partial charge on any atom is -0.493 e. The predicted molar refractivity (Wildman–Crippen MR) is 101 cm³/mol. The summed E-state index contributed by atoms with van der Waals surface area (Å²) in [6, 6.07) is 12.8. The molecule has 0 fully saturated rings. The van der Waals surface area contributed by atoms with Crippen LogP contribution in [0.15, 0.2) is 36.4 Å². The summed E-state index contributed by atoms with van der Waals surface area (Å²) in [7, 11) is 0. The molecule has 2 aromatic rings. The van der Waals surface area contributed by atoms with Crippen LogP contribution in [0.5, 0.6) is 5.75 Å². The molecule has 0 saturated carbocycles. The standard InChI is InChI=1S/C22H32O/c1-3-4-5-6-7-8-9-10-13-18-23-22-19(2)16-17-20-14-11-12-15-21(20)22/h11-12,14-17H,3-10,13,18H2,1-2H3. The lowest BCUT2D eigenvalue weighted by Crippen LogP contribution is -1.99. The summed E-state index contributed by atoms with van der Waals surface area (Å²) in [4.78, 5) is 0. The highest BCUT2D eigenvalue weighted by atomic mass is 16.5. The van der Waals surface area contributed by atoms with Gasteiger partial charge in [-0.2, -0.15) is 0 Å². The average molecular weight is 312 g/mol. The van der Waals surface area contributed by atoms with Crippen LogP contribution in [0.1, 0.15) is 70.3 Å². The molecule has 0 aliphatic rings. The van der Waals surface area contributed by atoms with Crippen LogP contribution in [0.2, 0.25) is 0 Å². The number of hydrogen-bond donors (Lipinski definition) is 0. The zero-order valence-corrected chi connectivity index (χ0v) is 14.9. The maximum atomic E-state index is 6.11. The highest BCUT2D eigenvalue weighted by Crippen LogP contribution is 2.29. The van der Waals surface area contributed by atoms with Crippen molar-refractivity contribution in [1.29, 1.82) is 0 Å². The molecule has 0 aromatic heterocycles. The van der Waals surface area contributed by atoms with Crippen LogP contribution in [0, 0.1) is 6.92 Å². The van der Waals surface area contributed by atoms with E-state index in [-0.39, 0.29) is 0 Å². The third-order valence-corrected chi connectivity index (χ3v) is 4.57. The number of aryl methyl sites for hydroxylation is 1. The van der Waals surface area contributed by atoms with E-state index in [0.717, 1.165) is 18.8 Å². The highest BCUT2D eigenvalue weighted by Gasteiger charge is 2.05. The summed E-state index contributed by atoms with van der Waals surface area (Å²) < 4.78 is 6.11. The Morgan fingerprint density at radius 1 is 0.739 bits per heavy atom. The molecule has 1 nitrogen and oxygen atoms in total. The Hall–Kier alpha value is -1.50. The van der Waals surface area contributed by atoms with Crippen molar-refractivity contribution in [2.45, 2.75) is 71.6 Å². The summed E-state index contributed by atoms with van der Waals surface area (Å²) >= 11 is 0. The Morgan fingerprint density at radius 3 is 2.13 bits per heavy atom. The smallest absolute Gasteiger partial charge is 0.130 e. The van der Waals surface area contributed by atoms with Crippen LogP contribution in [0.25, 0.3) is 10.8 Å². The average Bonchev–Trinajstić information content (AvgIpc) is 2.58. The first-order chi connectivity index (χ1) is 11.3. The van der Waals surface area contributed by atoms with Crippen molar-refractivity contribution in [3.8, 4) is 5.75 Å². The van der Waals surface area contributed by atoms with E-state index in [4.69, 9.17) is 4.74 Å². The number of fused-ring (bicyclic) bond motifs is 1. The van der Waals surface area contributed by atoms with Gasteiger partial charge >= 0.3 is 0 Å². The molecule has 126 valence electrons. The second-order valence-corrected chi connectivity index (χ2v) is 6.61. The fourth-order valence-electron chi connectivity index (χ4n) is 3.13. The van der Waals surface area contributed by atoms with Gasteiger partial charge in [-0.15, -0.1) is 0 Å². The highest BCUT2D eigenvalue weighted by molar-refractivity contribution is 5.89. The number of benzene rings is 2. The van der Waals surface area contributed by atoms with Gasteiger partial charge in [0.25, 0.3) is 0 Å². The van der Waals surface area contributed by atoms with Gasteiger partial charge in [-0.3, -0.25) is 0 Å². The van der Waals surface area contributed by atoms with Gasteiger partial charge in [-0.05, 0) is 24.3 Å². The second-order valence-electron chi connectivity index (χ2n) is 6.61. The number of rotatable bonds is 11. The van der Waals surface area contributed by atoms with Crippen LogP contribution in [0.4, 0.5) is 0 Å². The van der Waals surface area contributed by atoms with Crippen molar-refractivity contribution in [2.24, 2.45) is 0 Å². The van der Waals surface area contributed by atoms with E-state index in [0.29, 0.717) is 0 Å². The van der Waals surface area contributed by atoms with Crippen molar-refractivity contribution in [2.75, 3.05) is 6.61 Å². The van der Waals surface area contributed by atoms with Crippen molar-refractivity contribution in [1.82, 2.24) is 0 Å². The van der Waals surface area contributed by atoms with Crippen LogP contribution >= 0.6 is 0 Å². The molecule has 0 aliphatic carbocycles. The molecule has 0 saturated heterocycles. The lowest BCUT2D eigenvalue weighted by atomic mass is 10.1. The topological polar surface area (TPSA) is 9.23 Å². The molecule has 0 radical (unpaired) electrons. The molecule has 2 rings (SSSR count). The molecular weight excluding hydrogens is 280 g/mol. The maximum Gasteiger partial charge on any atom is 0.130 e. The van der Waals surface area contributed by atoms with E-state index in [1.165, 1.54) is 67.7 Å². The van der Waals surface area contributed by atoms with Crippen LogP contribution in [-0.2, 0) is 0 Å². The molecule has 0 heterocycles.